The van der Waals surface area contributed by atoms with Gasteiger partial charge in [-0.1, -0.05) is 0 Å². The highest BCUT2D eigenvalue weighted by molar-refractivity contribution is 5.95. The number of nitrogens with zero attached hydrogens (tertiary/aromatic N) is 3. The highest BCUT2D eigenvalue weighted by Gasteiger charge is 2.48. The lowest BCUT2D eigenvalue weighted by molar-refractivity contribution is -0.152. The quantitative estimate of drug-likeness (QED) is 0.858. The molecule has 1 amide bonds. The van der Waals surface area contributed by atoms with Gasteiger partial charge >= 0.3 is 0 Å². The first-order valence-corrected chi connectivity index (χ1v) is 8.77. The number of pyridine rings is 1. The van der Waals surface area contributed by atoms with Crippen molar-refractivity contribution < 1.29 is 13.9 Å². The Bertz CT molecular complexity index is 709. The molecule has 0 aromatic carbocycles. The first kappa shape index (κ1) is 16.3. The number of rotatable bonds is 3. The van der Waals surface area contributed by atoms with Crippen LogP contribution in [-0.4, -0.2) is 47.1 Å². The molecule has 1 spiro atoms. The van der Waals surface area contributed by atoms with Gasteiger partial charge in [0.15, 0.2) is 0 Å². The molecule has 0 N–H and O–H groups in total. The first-order chi connectivity index (χ1) is 12.2. The molecule has 2 fully saturated rings. The Morgan fingerprint density at radius 1 is 1.32 bits per heavy atom. The minimum absolute atomic E-state index is 0.00553. The molecular formula is C19H23N3O3. The van der Waals surface area contributed by atoms with Crippen molar-refractivity contribution in [1.82, 2.24) is 9.88 Å². The number of piperidine rings is 1. The molecule has 0 radical (unpaired) electrons. The zero-order chi connectivity index (χ0) is 17.3. The molecule has 1 atom stereocenters. The molecule has 4 rings (SSSR count). The number of morpholine rings is 1. The molecule has 4 heterocycles. The molecule has 0 saturated carbocycles. The normalized spacial score (nSPS) is 24.0. The summed E-state index contributed by atoms with van der Waals surface area (Å²) in [5, 5.41) is 0. The number of ether oxygens (including phenoxy) is 1. The van der Waals surface area contributed by atoms with Crippen LogP contribution in [0.2, 0.25) is 0 Å². The van der Waals surface area contributed by atoms with Crippen LogP contribution in [0.25, 0.3) is 0 Å². The average molecular weight is 341 g/mol. The Labute approximate surface area is 147 Å². The van der Waals surface area contributed by atoms with Crippen molar-refractivity contribution in [3.8, 4) is 0 Å². The van der Waals surface area contributed by atoms with E-state index in [1.54, 1.807) is 24.9 Å². The van der Waals surface area contributed by atoms with Gasteiger partial charge in [0.2, 0.25) is 0 Å². The van der Waals surface area contributed by atoms with Crippen LogP contribution in [0.3, 0.4) is 0 Å². The fourth-order valence-corrected chi connectivity index (χ4v) is 4.00. The summed E-state index contributed by atoms with van der Waals surface area (Å²) >= 11 is 0. The second-order valence-corrected chi connectivity index (χ2v) is 6.91. The molecule has 0 aliphatic carbocycles. The van der Waals surface area contributed by atoms with E-state index in [-0.39, 0.29) is 24.2 Å². The van der Waals surface area contributed by atoms with Crippen molar-refractivity contribution in [3.63, 3.8) is 0 Å². The predicted molar refractivity (Wildman–Crippen MR) is 93.1 cm³/mol. The molecule has 6 heteroatoms. The summed E-state index contributed by atoms with van der Waals surface area (Å²) in [6.45, 7) is 5.03. The van der Waals surface area contributed by atoms with E-state index in [1.807, 2.05) is 23.1 Å². The molecule has 2 aliphatic heterocycles. The Kier molecular flexibility index (Phi) is 4.31. The third-order valence-corrected chi connectivity index (χ3v) is 5.51. The number of aromatic nitrogens is 1. The van der Waals surface area contributed by atoms with E-state index in [9.17, 15) is 4.79 Å². The Morgan fingerprint density at radius 3 is 2.84 bits per heavy atom. The largest absolute Gasteiger partial charge is 0.472 e. The van der Waals surface area contributed by atoms with Crippen LogP contribution in [0.5, 0.6) is 0 Å². The molecular weight excluding hydrogens is 318 g/mol. The second-order valence-electron chi connectivity index (χ2n) is 6.91. The Morgan fingerprint density at radius 2 is 2.16 bits per heavy atom. The maximum atomic E-state index is 12.5. The molecule has 25 heavy (non-hydrogen) atoms. The van der Waals surface area contributed by atoms with Crippen molar-refractivity contribution in [2.24, 2.45) is 0 Å². The molecule has 2 aliphatic rings. The Hall–Kier alpha value is -2.18. The third-order valence-electron chi connectivity index (χ3n) is 5.51. The van der Waals surface area contributed by atoms with E-state index in [2.05, 4.69) is 16.8 Å². The summed E-state index contributed by atoms with van der Waals surface area (Å²) in [6.07, 6.45) is 8.81. The van der Waals surface area contributed by atoms with Crippen LogP contribution < -0.4 is 4.90 Å². The van der Waals surface area contributed by atoms with Crippen LogP contribution in [0, 0.1) is 0 Å². The lowest BCUT2D eigenvalue weighted by atomic mass is 9.82. The summed E-state index contributed by atoms with van der Waals surface area (Å²) < 4.78 is 11.3. The zero-order valence-electron chi connectivity index (χ0n) is 14.4. The maximum Gasteiger partial charge on any atom is 0.253 e. The van der Waals surface area contributed by atoms with Crippen molar-refractivity contribution in [2.75, 3.05) is 24.6 Å². The van der Waals surface area contributed by atoms with E-state index in [1.165, 1.54) is 5.56 Å². The number of likely N-dealkylation sites (tertiary alicyclic amines) is 1. The summed E-state index contributed by atoms with van der Waals surface area (Å²) in [6, 6.07) is 5.81. The molecule has 2 saturated heterocycles. The zero-order valence-corrected chi connectivity index (χ0v) is 14.4. The molecule has 132 valence electrons. The summed E-state index contributed by atoms with van der Waals surface area (Å²) in [5.41, 5.74) is 1.76. The lowest BCUT2D eigenvalue weighted by Gasteiger charge is -2.51. The number of carbonyl (C=O) groups is 1. The van der Waals surface area contributed by atoms with Crippen LogP contribution >= 0.6 is 0 Å². The molecule has 1 unspecified atom stereocenters. The van der Waals surface area contributed by atoms with Crippen molar-refractivity contribution >= 4 is 11.6 Å². The van der Waals surface area contributed by atoms with Crippen molar-refractivity contribution in [3.05, 3.63) is 48.7 Å². The van der Waals surface area contributed by atoms with Gasteiger partial charge in [0.25, 0.3) is 5.91 Å². The van der Waals surface area contributed by atoms with Gasteiger partial charge in [-0.25, -0.2) is 0 Å². The van der Waals surface area contributed by atoms with E-state index >= 15 is 0 Å². The number of anilines is 1. The molecule has 2 aromatic heterocycles. The van der Waals surface area contributed by atoms with Crippen molar-refractivity contribution in [2.45, 2.75) is 38.0 Å². The van der Waals surface area contributed by atoms with E-state index in [4.69, 9.17) is 9.15 Å². The van der Waals surface area contributed by atoms with Gasteiger partial charge in [-0.15, -0.1) is 0 Å². The van der Waals surface area contributed by atoms with Gasteiger partial charge in [-0.05, 0) is 38.0 Å². The highest BCUT2D eigenvalue weighted by atomic mass is 16.5. The first-order valence-electron chi connectivity index (χ1n) is 8.77. The molecule has 2 aromatic rings. The number of furan rings is 1. The highest BCUT2D eigenvalue weighted by Crippen LogP contribution is 2.37. The number of hydrogen-bond acceptors (Lipinski definition) is 5. The maximum absolute atomic E-state index is 12.5. The smallest absolute Gasteiger partial charge is 0.253 e. The summed E-state index contributed by atoms with van der Waals surface area (Å²) in [4.78, 5) is 20.9. The predicted octanol–water partition coefficient (Wildman–Crippen LogP) is 2.46. The average Bonchev–Trinajstić information content (AvgIpc) is 3.15. The lowest BCUT2D eigenvalue weighted by Crippen LogP contribution is -2.64. The summed E-state index contributed by atoms with van der Waals surface area (Å²) in [7, 11) is 0. The summed E-state index contributed by atoms with van der Waals surface area (Å²) in [5.74, 6) is 0.00644. The van der Waals surface area contributed by atoms with E-state index < -0.39 is 0 Å². The van der Waals surface area contributed by atoms with Gasteiger partial charge in [0.05, 0.1) is 36.1 Å². The minimum Gasteiger partial charge on any atom is -0.472 e. The van der Waals surface area contributed by atoms with Gasteiger partial charge in [0.1, 0.15) is 6.61 Å². The fourth-order valence-electron chi connectivity index (χ4n) is 4.00. The monoisotopic (exact) mass is 341 g/mol. The van der Waals surface area contributed by atoms with Crippen molar-refractivity contribution in [1.29, 1.82) is 0 Å². The standard InChI is InChI=1S/C19H23N3O3/c1-15-19(5-8-21(9-6-19)12-16-4-10-24-13-16)25-14-18(23)22(15)17-3-2-7-20-11-17/h2-4,7,10-11,13,15H,5-6,8-9,12,14H2,1H3. The van der Waals surface area contributed by atoms with E-state index in [0.29, 0.717) is 0 Å². The van der Waals surface area contributed by atoms with Crippen LogP contribution in [0.15, 0.2) is 47.5 Å². The van der Waals surface area contributed by atoms with Gasteiger partial charge in [0, 0.05) is 31.4 Å². The van der Waals surface area contributed by atoms with Crippen LogP contribution in [0.1, 0.15) is 25.3 Å². The van der Waals surface area contributed by atoms with Crippen LogP contribution in [-0.2, 0) is 16.1 Å². The SMILES string of the molecule is CC1N(c2cccnc2)C(=O)COC12CCN(Cc1ccoc1)CC2. The van der Waals surface area contributed by atoms with Gasteiger partial charge < -0.3 is 14.1 Å². The van der Waals surface area contributed by atoms with E-state index in [0.717, 1.165) is 38.2 Å². The number of carbonyl (C=O) groups excluding carboxylic acids is 1. The topological polar surface area (TPSA) is 58.8 Å². The number of hydrogen-bond donors (Lipinski definition) is 0. The fraction of sp³-hybridized carbons (Fsp3) is 0.474. The van der Waals surface area contributed by atoms with Crippen LogP contribution in [0.4, 0.5) is 5.69 Å². The Balaban J connectivity index is 1.48. The van der Waals surface area contributed by atoms with Gasteiger partial charge in [-0.2, -0.15) is 0 Å². The third kappa shape index (κ3) is 3.07. The number of amides is 1. The molecule has 6 nitrogen and oxygen atoms in total. The minimum atomic E-state index is -0.281. The van der Waals surface area contributed by atoms with Gasteiger partial charge in [-0.3, -0.25) is 14.7 Å². The second kappa shape index (κ2) is 6.61. The molecule has 0 bridgehead atoms.